The van der Waals surface area contributed by atoms with Crippen molar-refractivity contribution < 1.29 is 19.2 Å². The molecule has 1 spiro atoms. The molecule has 1 saturated heterocycles. The van der Waals surface area contributed by atoms with Crippen LogP contribution in [0.1, 0.15) is 22.3 Å². The summed E-state index contributed by atoms with van der Waals surface area (Å²) in [7, 11) is 0. The van der Waals surface area contributed by atoms with Crippen molar-refractivity contribution in [1.82, 2.24) is 10.6 Å². The van der Waals surface area contributed by atoms with Crippen molar-refractivity contribution in [2.75, 3.05) is 0 Å². The Morgan fingerprint density at radius 3 is 2.13 bits per heavy atom. The second kappa shape index (κ2) is 4.74. The average Bonchev–Trinajstić information content (AvgIpc) is 2.80. The molecule has 4 aromatic rings. The van der Waals surface area contributed by atoms with Crippen LogP contribution in [-0.4, -0.2) is 23.6 Å². The van der Waals surface area contributed by atoms with Gasteiger partial charge in [-0.15, -0.1) is 0 Å². The van der Waals surface area contributed by atoms with Gasteiger partial charge in [0, 0.05) is 17.6 Å². The van der Waals surface area contributed by atoms with E-state index in [-0.39, 0.29) is 6.42 Å². The smallest absolute Gasteiger partial charge is 0.258 e. The Hall–Kier alpha value is -4.06. The standard InChI is InChI=1S/C24H12N2O4/c27-20-14-7-8-15-17-10(3-1-5-12(14)17)11-4-2-6-13-16-9-24(22(29)25-20,19(15)18(11)13)23(30)26-21(16)28/h1-8H,9H2,(H,25,27,29)(H,26,28,30). The molecule has 1 fully saturated rings. The van der Waals surface area contributed by atoms with Crippen molar-refractivity contribution >= 4 is 61.5 Å². The lowest BCUT2D eigenvalue weighted by molar-refractivity contribution is -0.140. The monoisotopic (exact) mass is 392 g/mol. The van der Waals surface area contributed by atoms with E-state index in [4.69, 9.17) is 0 Å². The van der Waals surface area contributed by atoms with Gasteiger partial charge in [-0.3, -0.25) is 29.8 Å². The van der Waals surface area contributed by atoms with Crippen molar-refractivity contribution in [1.29, 1.82) is 0 Å². The van der Waals surface area contributed by atoms with Gasteiger partial charge in [-0.2, -0.15) is 0 Å². The number of carbonyl (C=O) groups excluding carboxylic acids is 4. The number of piperidine rings is 1. The van der Waals surface area contributed by atoms with E-state index in [2.05, 4.69) is 10.6 Å². The minimum atomic E-state index is -1.67. The number of nitrogens with one attached hydrogen (secondary N) is 2. The zero-order valence-electron chi connectivity index (χ0n) is 15.5. The van der Waals surface area contributed by atoms with E-state index in [9.17, 15) is 19.2 Å². The fraction of sp³-hybridized carbons (Fsp3) is 0.0833. The number of carbonyl (C=O) groups is 4. The van der Waals surface area contributed by atoms with Gasteiger partial charge in [0.25, 0.3) is 11.8 Å². The Morgan fingerprint density at radius 2 is 1.33 bits per heavy atom. The summed E-state index contributed by atoms with van der Waals surface area (Å²) in [6, 6.07) is 14.9. The van der Waals surface area contributed by atoms with Gasteiger partial charge in [0.2, 0.25) is 11.8 Å². The van der Waals surface area contributed by atoms with Crippen LogP contribution in [-0.2, 0) is 19.8 Å². The fourth-order valence-electron chi connectivity index (χ4n) is 5.62. The van der Waals surface area contributed by atoms with Crippen molar-refractivity contribution in [2.24, 2.45) is 0 Å². The van der Waals surface area contributed by atoms with E-state index in [0.717, 1.165) is 37.5 Å². The molecule has 4 amide bonds. The highest BCUT2D eigenvalue weighted by Gasteiger charge is 2.56. The van der Waals surface area contributed by atoms with E-state index in [1.54, 1.807) is 6.07 Å². The van der Waals surface area contributed by atoms with Crippen LogP contribution in [0.5, 0.6) is 0 Å². The highest BCUT2D eigenvalue weighted by Crippen LogP contribution is 2.48. The molecule has 30 heavy (non-hydrogen) atoms. The summed E-state index contributed by atoms with van der Waals surface area (Å²) < 4.78 is 0. The Labute approximate surface area is 168 Å². The topological polar surface area (TPSA) is 92.3 Å². The molecule has 1 atom stereocenters. The summed E-state index contributed by atoms with van der Waals surface area (Å²) in [6.45, 7) is 0. The number of fused-ring (bicyclic) bond motifs is 5. The summed E-state index contributed by atoms with van der Waals surface area (Å²) >= 11 is 0. The minimum absolute atomic E-state index is 0.0628. The van der Waals surface area contributed by atoms with Crippen LogP contribution in [0.2, 0.25) is 0 Å². The molecule has 7 rings (SSSR count). The second-order valence-electron chi connectivity index (χ2n) is 8.12. The fourth-order valence-corrected chi connectivity index (χ4v) is 5.62. The Balaban J connectivity index is 1.93. The number of imide groups is 2. The third kappa shape index (κ3) is 1.49. The Morgan fingerprint density at radius 1 is 0.667 bits per heavy atom. The average molecular weight is 392 g/mol. The van der Waals surface area contributed by atoms with Gasteiger partial charge in [-0.1, -0.05) is 42.5 Å². The van der Waals surface area contributed by atoms with Gasteiger partial charge < -0.3 is 0 Å². The lowest BCUT2D eigenvalue weighted by Gasteiger charge is -2.39. The summed E-state index contributed by atoms with van der Waals surface area (Å²) in [5.41, 5.74) is -0.324. The third-order valence-electron chi connectivity index (χ3n) is 6.86. The number of hydrogen-bond acceptors (Lipinski definition) is 4. The number of amides is 4. The normalized spacial score (nSPS) is 22.1. The van der Waals surface area contributed by atoms with Crippen LogP contribution < -0.4 is 15.9 Å². The zero-order valence-corrected chi connectivity index (χ0v) is 15.5. The van der Waals surface area contributed by atoms with E-state index in [1.165, 1.54) is 0 Å². The SMILES string of the molecule is O=C1NC(=O)C23CC1=c1cccc4c1c2c1ccc(c2cccc4c21)C(=O)NC3=O. The van der Waals surface area contributed by atoms with Gasteiger partial charge in [-0.05, 0) is 49.2 Å². The number of rotatable bonds is 0. The van der Waals surface area contributed by atoms with E-state index in [0.29, 0.717) is 16.7 Å². The first-order valence-corrected chi connectivity index (χ1v) is 9.67. The summed E-state index contributed by atoms with van der Waals surface area (Å²) in [5, 5.41) is 10.4. The lowest BCUT2D eigenvalue weighted by Crippen LogP contribution is -2.62. The first-order chi connectivity index (χ1) is 14.5. The molecular formula is C24H12N2O4. The van der Waals surface area contributed by atoms with Gasteiger partial charge in [0.05, 0.1) is 0 Å². The minimum Gasteiger partial charge on any atom is -0.291 e. The summed E-state index contributed by atoms with van der Waals surface area (Å²) in [4.78, 5) is 52.5. The van der Waals surface area contributed by atoms with Crippen molar-refractivity contribution in [3.63, 3.8) is 0 Å². The molecule has 6 heteroatoms. The van der Waals surface area contributed by atoms with E-state index in [1.807, 2.05) is 42.5 Å². The molecule has 142 valence electrons. The van der Waals surface area contributed by atoms with Crippen LogP contribution in [0.3, 0.4) is 0 Å². The van der Waals surface area contributed by atoms with Crippen LogP contribution >= 0.6 is 0 Å². The van der Waals surface area contributed by atoms with Crippen molar-refractivity contribution in [3.8, 4) is 0 Å². The molecule has 3 aliphatic rings. The van der Waals surface area contributed by atoms with Crippen molar-refractivity contribution in [2.45, 2.75) is 11.8 Å². The van der Waals surface area contributed by atoms with E-state index >= 15 is 0 Å². The molecule has 2 N–H and O–H groups in total. The third-order valence-corrected chi connectivity index (χ3v) is 6.86. The summed E-state index contributed by atoms with van der Waals surface area (Å²) in [5.74, 6) is -2.42. The maximum atomic E-state index is 13.5. The van der Waals surface area contributed by atoms with Gasteiger partial charge in [0.1, 0.15) is 0 Å². The van der Waals surface area contributed by atoms with E-state index < -0.39 is 29.0 Å². The maximum absolute atomic E-state index is 13.5. The Bertz CT molecular complexity index is 1650. The molecule has 6 nitrogen and oxygen atoms in total. The molecule has 2 heterocycles. The molecule has 4 bridgehead atoms. The molecule has 2 aliphatic heterocycles. The predicted molar refractivity (Wildman–Crippen MR) is 110 cm³/mol. The quantitative estimate of drug-likeness (QED) is 0.206. The van der Waals surface area contributed by atoms with Gasteiger partial charge in [-0.25, -0.2) is 0 Å². The van der Waals surface area contributed by atoms with Crippen LogP contribution in [0, 0.1) is 0 Å². The number of benzene rings is 4. The lowest BCUT2D eigenvalue weighted by atomic mass is 9.64. The molecule has 0 aromatic heterocycles. The summed E-state index contributed by atoms with van der Waals surface area (Å²) in [6.07, 6.45) is -0.0628. The Kier molecular flexibility index (Phi) is 2.50. The molecule has 4 aromatic carbocycles. The molecule has 1 aliphatic carbocycles. The second-order valence-corrected chi connectivity index (χ2v) is 8.12. The number of hydrogen-bond donors (Lipinski definition) is 2. The van der Waals surface area contributed by atoms with Crippen LogP contribution in [0.15, 0.2) is 48.5 Å². The highest BCUT2D eigenvalue weighted by atomic mass is 16.2. The maximum Gasteiger partial charge on any atom is 0.258 e. The molecule has 0 radical (unpaired) electrons. The molecular weight excluding hydrogens is 380 g/mol. The van der Waals surface area contributed by atoms with Crippen LogP contribution in [0.25, 0.3) is 37.9 Å². The van der Waals surface area contributed by atoms with Gasteiger partial charge in [0.15, 0.2) is 5.41 Å². The largest absolute Gasteiger partial charge is 0.291 e. The first kappa shape index (κ1) is 15.8. The first-order valence-electron chi connectivity index (χ1n) is 9.67. The molecule has 1 unspecified atom stereocenters. The zero-order chi connectivity index (χ0) is 20.4. The van der Waals surface area contributed by atoms with Crippen molar-refractivity contribution in [3.05, 3.63) is 64.9 Å². The molecule has 0 saturated carbocycles. The predicted octanol–water partition coefficient (Wildman–Crippen LogP) is 1.58. The van der Waals surface area contributed by atoms with Crippen LogP contribution in [0.4, 0.5) is 0 Å². The van der Waals surface area contributed by atoms with Gasteiger partial charge >= 0.3 is 0 Å². The highest BCUT2D eigenvalue weighted by molar-refractivity contribution is 6.38.